The molecule has 45 heavy (non-hydrogen) atoms. The van der Waals surface area contributed by atoms with Crippen LogP contribution in [0.4, 0.5) is 5.82 Å². The van der Waals surface area contributed by atoms with E-state index in [2.05, 4.69) is 45.3 Å². The summed E-state index contributed by atoms with van der Waals surface area (Å²) in [5, 5.41) is 24.2. The smallest absolute Gasteiger partial charge is 0.280 e. The number of tetrazole rings is 1. The minimum atomic E-state index is -4.32. The summed E-state index contributed by atoms with van der Waals surface area (Å²) in [7, 11) is -2.84. The molecule has 0 aliphatic carbocycles. The van der Waals surface area contributed by atoms with E-state index in [1.54, 1.807) is 64.1 Å². The van der Waals surface area contributed by atoms with Crippen molar-refractivity contribution in [2.75, 3.05) is 18.4 Å². The highest BCUT2D eigenvalue weighted by molar-refractivity contribution is 7.92. The quantitative estimate of drug-likeness (QED) is 0.114. The van der Waals surface area contributed by atoms with Gasteiger partial charge in [0, 0.05) is 144 Å². The number of para-hydroxylation sites is 1. The molecule has 0 amide bonds. The monoisotopic (exact) mass is 811 g/mol. The Morgan fingerprint density at radius 1 is 1.02 bits per heavy atom. The molecule has 410 valence electrons. The topological polar surface area (TPSA) is 200 Å². The first-order chi connectivity index (χ1) is 21.3. The zero-order chi connectivity index (χ0) is 32.4. The van der Waals surface area contributed by atoms with Crippen LogP contribution in [0, 0.1) is 20.8 Å². The molecule has 0 atom stereocenters. The minimum absolute atomic E-state index is 0. The molecule has 0 radical (unpaired) electrons. The first-order valence-corrected chi connectivity index (χ1v) is 15.1. The largest absolute Gasteiger partial charge is 0.493 e. The van der Waals surface area contributed by atoms with E-state index in [0.717, 1.165) is 5.56 Å². The number of anilines is 1. The summed E-state index contributed by atoms with van der Waals surface area (Å²) in [6.07, 6.45) is 2.95. The van der Waals surface area contributed by atoms with Gasteiger partial charge in [-0.1, -0.05) is 18.2 Å². The predicted octanol–water partition coefficient (Wildman–Crippen LogP) is 25.4. The number of pyridine rings is 2. The van der Waals surface area contributed by atoms with E-state index in [1.165, 1.54) is 19.5 Å². The molecule has 15 nitrogen and oxygen atoms in total. The third kappa shape index (κ3) is 7.13. The van der Waals surface area contributed by atoms with E-state index in [0.29, 0.717) is 28.1 Å². The molecule has 0 unspecified atom stereocenters. The van der Waals surface area contributed by atoms with Crippen LogP contribution in [0.1, 0.15) is 156 Å². The van der Waals surface area contributed by atoms with E-state index in [4.69, 9.17) is 14.2 Å². The second-order valence-corrected chi connectivity index (χ2v) is 12.3. The van der Waals surface area contributed by atoms with Crippen LogP contribution in [0.25, 0.3) is 22.9 Å². The molecule has 4 aromatic heterocycles. The molecule has 5 aromatic rings. The van der Waals surface area contributed by atoms with Gasteiger partial charge in [-0.3, -0.25) is 9.71 Å². The van der Waals surface area contributed by atoms with Gasteiger partial charge < -0.3 is 19.3 Å². The Labute approximate surface area is 389 Å². The molecule has 0 aliphatic heterocycles. The number of hydrogen-bond acceptors (Lipinski definition) is 13. The van der Waals surface area contributed by atoms with Crippen LogP contribution in [0.5, 0.6) is 23.1 Å². The summed E-state index contributed by atoms with van der Waals surface area (Å²) < 4.78 is 47.9. The van der Waals surface area contributed by atoms with E-state index < -0.39 is 15.6 Å². The zero-order valence-corrected chi connectivity index (χ0v) is 26.2. The standard InChI is InChI=1S/C29H31N9O6S.88H2/c1-16-12-18(3)28(31-14-16)45(40,41)36-26-23(44-22-17(2)8-7-9-21(22)42-6)27(43-15-29(4,5)39)33-24(32-26)19-10-11-30-20(13-19)25-34-37-38-35-25;;;;;;;;;;;;;;;;;;;;;;;;;;;;;;;;;;;;;;;;;;;;;;;;;;;;;;;;;;;;;;;;;;;;;;;;;;;;;;;;;;;;;;;;/h7-14,39H,15H2,1-6H3,(H,32,33,36)(H,34,35,37,38);88*1H. The number of nitrogens with one attached hydrogen (secondary N) is 2. The molecule has 0 saturated carbocycles. The van der Waals surface area contributed by atoms with Crippen LogP contribution < -0.4 is 18.9 Å². The molecule has 0 fully saturated rings. The van der Waals surface area contributed by atoms with Gasteiger partial charge >= 0.3 is 0 Å². The van der Waals surface area contributed by atoms with Crippen LogP contribution in [0.3, 0.4) is 0 Å². The average molecular weight is 811 g/mol. The fourth-order valence-electron chi connectivity index (χ4n) is 4.20. The highest BCUT2D eigenvalue weighted by Gasteiger charge is 2.28. The van der Waals surface area contributed by atoms with Crippen molar-refractivity contribution in [3.8, 4) is 46.0 Å². The molecule has 4 heterocycles. The highest BCUT2D eigenvalue weighted by atomic mass is 32.2. The first kappa shape index (κ1) is 31.2. The fourth-order valence-corrected chi connectivity index (χ4v) is 5.37. The normalized spacial score (nSPS) is 11.7. The molecule has 5 rings (SSSR count). The van der Waals surface area contributed by atoms with Crippen LogP contribution >= 0.6 is 0 Å². The maximum atomic E-state index is 13.8. The summed E-state index contributed by atoms with van der Waals surface area (Å²) in [6, 6.07) is 10.2. The number of methoxy groups -OCH3 is 1. The van der Waals surface area contributed by atoms with Gasteiger partial charge in [0.1, 0.15) is 12.3 Å². The number of benzene rings is 1. The van der Waals surface area contributed by atoms with E-state index in [1.807, 2.05) is 6.92 Å². The van der Waals surface area contributed by atoms with E-state index in [-0.39, 0.29) is 172 Å². The number of aliphatic hydroxyl groups is 1. The van der Waals surface area contributed by atoms with Crippen LogP contribution in [-0.2, 0) is 10.0 Å². The number of nitrogens with zero attached hydrogens (tertiary/aromatic N) is 7. The van der Waals surface area contributed by atoms with Crippen LogP contribution in [0.15, 0.2) is 53.8 Å². The molecule has 0 spiro atoms. The summed E-state index contributed by atoms with van der Waals surface area (Å²) in [5.41, 5.74) is 1.39. The summed E-state index contributed by atoms with van der Waals surface area (Å²) in [4.78, 5) is 17.6. The first-order valence-electron chi connectivity index (χ1n) is 13.6. The lowest BCUT2D eigenvalue weighted by molar-refractivity contribution is 0.0260. The highest BCUT2D eigenvalue weighted by Crippen LogP contribution is 2.43. The summed E-state index contributed by atoms with van der Waals surface area (Å²) in [6.45, 7) is 8.13. The molecule has 0 bridgehead atoms. The molecular formula is C29H207N9O6S. The SMILES string of the molecule is COc1cccc(C)c1Oc1c(NS(=O)(=O)c2ncc(C)cc2C)nc(-c2ccnc(-c3nn[nH]n3)c2)nc1OCC(C)(C)O.[HH].[HH].[HH].[HH].[HH].[HH].[HH].[HH].[HH].[HH].[HH].[HH].[HH].[HH].[HH].[HH].[HH].[HH].[HH].[HH].[HH].[HH].[HH].[HH].[HH].[HH].[HH].[HH].[HH].[HH].[HH].[HH].[HH].[HH].[HH].[HH].[HH].[HH].[HH].[HH].[HH].[HH].[HH].[HH].[HH].[HH].[HH].[HH].[HH].[HH].[HH].[HH].[HH].[HH].[HH].[HH].[HH].[HH].[HH].[HH].[HH].[HH].[HH].[HH].[HH].[HH].[HH].[HH].[HH].[HH].[HH].[HH].[HH].[HH].[HH].[HH].[HH].[HH].[HH].[HH].[HH].[HH].[HH].[HH].[HH].[HH].[HH].[HH]. The summed E-state index contributed by atoms with van der Waals surface area (Å²) >= 11 is 0. The lowest BCUT2D eigenvalue weighted by Gasteiger charge is -2.22. The lowest BCUT2D eigenvalue weighted by Crippen LogP contribution is -2.28. The van der Waals surface area contributed by atoms with Gasteiger partial charge in [0.25, 0.3) is 15.9 Å². The zero-order valence-electron chi connectivity index (χ0n) is 25.4. The molecule has 3 N–H and O–H groups in total. The number of rotatable bonds is 11. The third-order valence-corrected chi connectivity index (χ3v) is 7.64. The van der Waals surface area contributed by atoms with Crippen molar-refractivity contribution in [1.82, 2.24) is 40.6 Å². The lowest BCUT2D eigenvalue weighted by atomic mass is 10.2. The number of aromatic amines is 1. The average Bonchev–Trinajstić information content (AvgIpc) is 3.52. The fraction of sp³-hybridized carbons (Fsp3) is 0.276. The van der Waals surface area contributed by atoms with Crippen molar-refractivity contribution >= 4 is 15.8 Å². The van der Waals surface area contributed by atoms with Gasteiger partial charge in [0.15, 0.2) is 28.2 Å². The van der Waals surface area contributed by atoms with E-state index >= 15 is 0 Å². The Balaban J connectivity index is -0.00000000333. The Hall–Kier alpha value is -5.22. The maximum absolute atomic E-state index is 13.8. The number of aromatic nitrogens is 8. The summed E-state index contributed by atoms with van der Waals surface area (Å²) in [5.74, 6) is 0.338. The second kappa shape index (κ2) is 12.4. The number of H-pyrrole nitrogens is 1. The van der Waals surface area contributed by atoms with Crippen LogP contribution in [-0.4, -0.2) is 73.4 Å². The molecule has 1 aromatic carbocycles. The Morgan fingerprint density at radius 3 is 2.51 bits per heavy atom. The van der Waals surface area contributed by atoms with E-state index in [9.17, 15) is 13.5 Å². The van der Waals surface area contributed by atoms with Crippen molar-refractivity contribution in [1.29, 1.82) is 0 Å². The van der Waals surface area contributed by atoms with Gasteiger partial charge in [0.2, 0.25) is 11.6 Å². The molecule has 0 saturated heterocycles. The number of hydrogen-bond donors (Lipinski definition) is 3. The van der Waals surface area contributed by atoms with Crippen LogP contribution in [0.2, 0.25) is 0 Å². The number of sulfonamides is 1. The molecular weight excluding hydrogens is 602 g/mol. The van der Waals surface area contributed by atoms with Gasteiger partial charge in [0.05, 0.1) is 12.7 Å². The second-order valence-electron chi connectivity index (χ2n) is 10.7. The van der Waals surface area contributed by atoms with Crippen molar-refractivity contribution in [2.45, 2.75) is 45.2 Å². The van der Waals surface area contributed by atoms with Crippen molar-refractivity contribution < 1.29 is 153 Å². The Bertz CT molecular complexity index is 2070. The van der Waals surface area contributed by atoms with Gasteiger partial charge in [-0.25, -0.2) is 9.97 Å². The van der Waals surface area contributed by atoms with Crippen molar-refractivity contribution in [3.63, 3.8) is 0 Å². The van der Waals surface area contributed by atoms with Gasteiger partial charge in [-0.05, 0) is 74.7 Å². The third-order valence-electron chi connectivity index (χ3n) is 6.24. The Kier molecular flexibility index (Phi) is 8.61. The molecule has 0 aliphatic rings. The minimum Gasteiger partial charge on any atom is -0.493 e. The van der Waals surface area contributed by atoms with Gasteiger partial charge in [-0.15, -0.1) is 10.2 Å². The maximum Gasteiger partial charge on any atom is 0.280 e. The van der Waals surface area contributed by atoms with Crippen molar-refractivity contribution in [3.05, 3.63) is 65.5 Å². The number of aryl methyl sites for hydroxylation is 3. The number of ether oxygens (including phenoxy) is 3. The molecule has 16 heteroatoms. The predicted molar refractivity (Wildman–Crippen MR) is 349 cm³/mol. The Morgan fingerprint density at radius 2 is 1.82 bits per heavy atom. The van der Waals surface area contributed by atoms with Crippen molar-refractivity contribution in [2.24, 2.45) is 0 Å². The van der Waals surface area contributed by atoms with Gasteiger partial charge in [-0.2, -0.15) is 18.6 Å².